The monoisotopic (exact) mass is 183 g/mol. The molecule has 1 saturated heterocycles. The predicted octanol–water partition coefficient (Wildman–Crippen LogP) is 1.09. The quantitative estimate of drug-likeness (QED) is 0.558. The van der Waals surface area contributed by atoms with Gasteiger partial charge in [-0.2, -0.15) is 0 Å². The van der Waals surface area contributed by atoms with E-state index < -0.39 is 30.3 Å². The van der Waals surface area contributed by atoms with Crippen molar-refractivity contribution < 1.29 is 13.6 Å². The Labute approximate surface area is 68.1 Å². The van der Waals surface area contributed by atoms with Crippen molar-refractivity contribution in [2.45, 2.75) is 18.2 Å². The molecule has 1 fully saturated rings. The molecule has 1 heterocycles. The molecule has 1 amide bonds. The summed E-state index contributed by atoms with van der Waals surface area (Å²) in [6.45, 7) is 0.506. The summed E-state index contributed by atoms with van der Waals surface area (Å²) in [7, 11) is 0. The van der Waals surface area contributed by atoms with Gasteiger partial charge >= 0.3 is 0 Å². The molecule has 0 spiro atoms. The largest absolute Gasteiger partial charge is 0.329 e. The van der Waals surface area contributed by atoms with Gasteiger partial charge in [0.25, 0.3) is 5.92 Å². The number of likely N-dealkylation sites (tertiary alicyclic amines) is 1. The number of nitrogens with zero attached hydrogens (tertiary/aromatic N) is 1. The second-order valence-electron chi connectivity index (χ2n) is 2.67. The lowest BCUT2D eigenvalue weighted by atomic mass is 10.1. The zero-order valence-corrected chi connectivity index (χ0v) is 6.74. The van der Waals surface area contributed by atoms with E-state index >= 15 is 0 Å². The minimum absolute atomic E-state index is 0.419. The highest BCUT2D eigenvalue weighted by molar-refractivity contribution is 6.30. The number of halogens is 3. The first-order valence-electron chi connectivity index (χ1n) is 3.23. The average molecular weight is 184 g/mol. The number of alkyl halides is 3. The lowest BCUT2D eigenvalue weighted by molar-refractivity contribution is -0.165. The number of amides is 1. The smallest absolute Gasteiger partial charge is 0.282 e. The highest BCUT2D eigenvalue weighted by atomic mass is 35.5. The van der Waals surface area contributed by atoms with Gasteiger partial charge in [-0.15, -0.1) is 11.6 Å². The van der Waals surface area contributed by atoms with E-state index in [4.69, 9.17) is 11.6 Å². The molecule has 1 rings (SSSR count). The van der Waals surface area contributed by atoms with Gasteiger partial charge in [0.15, 0.2) is 0 Å². The van der Waals surface area contributed by atoms with Crippen molar-refractivity contribution in [2.75, 3.05) is 13.1 Å². The van der Waals surface area contributed by atoms with Crippen molar-refractivity contribution in [3.63, 3.8) is 0 Å². The fourth-order valence-electron chi connectivity index (χ4n) is 0.920. The Hall–Kier alpha value is -0.380. The van der Waals surface area contributed by atoms with Crippen molar-refractivity contribution in [3.8, 4) is 0 Å². The van der Waals surface area contributed by atoms with E-state index in [0.29, 0.717) is 0 Å². The third-order valence-corrected chi connectivity index (χ3v) is 1.68. The Morgan fingerprint density at radius 1 is 1.64 bits per heavy atom. The lowest BCUT2D eigenvalue weighted by Gasteiger charge is -2.39. The molecule has 1 aliphatic rings. The zero-order chi connectivity index (χ0) is 8.65. The van der Waals surface area contributed by atoms with Gasteiger partial charge in [0.05, 0.1) is 13.1 Å². The molecule has 64 valence electrons. The van der Waals surface area contributed by atoms with Crippen LogP contribution < -0.4 is 0 Å². The first kappa shape index (κ1) is 8.71. The van der Waals surface area contributed by atoms with Crippen molar-refractivity contribution in [3.05, 3.63) is 0 Å². The van der Waals surface area contributed by atoms with Crippen LogP contribution in [0.1, 0.15) is 6.92 Å². The Morgan fingerprint density at radius 2 is 2.09 bits per heavy atom. The normalized spacial score (nSPS) is 24.2. The van der Waals surface area contributed by atoms with Crippen LogP contribution >= 0.6 is 11.6 Å². The van der Waals surface area contributed by atoms with Crippen molar-refractivity contribution in [1.82, 2.24) is 4.90 Å². The summed E-state index contributed by atoms with van der Waals surface area (Å²) in [6, 6.07) is 0. The van der Waals surface area contributed by atoms with E-state index in [1.165, 1.54) is 6.92 Å². The Morgan fingerprint density at radius 3 is 2.36 bits per heavy atom. The number of carbonyl (C=O) groups excluding carboxylic acids is 1. The van der Waals surface area contributed by atoms with Gasteiger partial charge < -0.3 is 4.90 Å². The first-order valence-corrected chi connectivity index (χ1v) is 3.67. The molecule has 0 N–H and O–H groups in total. The molecule has 0 aromatic heterocycles. The molecule has 1 atom stereocenters. The molecular formula is C6H8ClF2NO. The minimum atomic E-state index is -2.69. The molecule has 0 bridgehead atoms. The van der Waals surface area contributed by atoms with Crippen molar-refractivity contribution in [1.29, 1.82) is 0 Å². The van der Waals surface area contributed by atoms with Gasteiger partial charge in [0.2, 0.25) is 5.91 Å². The van der Waals surface area contributed by atoms with Crippen LogP contribution in [-0.2, 0) is 4.79 Å². The van der Waals surface area contributed by atoms with Gasteiger partial charge in [0.1, 0.15) is 5.38 Å². The molecular weight excluding hydrogens is 176 g/mol. The summed E-state index contributed by atoms with van der Waals surface area (Å²) in [5, 5.41) is -0.703. The van der Waals surface area contributed by atoms with E-state index in [1.54, 1.807) is 0 Å². The number of hydrogen-bond donors (Lipinski definition) is 0. The van der Waals surface area contributed by atoms with E-state index in [9.17, 15) is 13.6 Å². The van der Waals surface area contributed by atoms with Crippen LogP contribution in [0.2, 0.25) is 0 Å². The second-order valence-corrected chi connectivity index (χ2v) is 3.32. The van der Waals surface area contributed by atoms with Gasteiger partial charge in [-0.25, -0.2) is 8.78 Å². The number of hydrogen-bond acceptors (Lipinski definition) is 1. The molecule has 1 unspecified atom stereocenters. The molecule has 0 aromatic carbocycles. The molecule has 11 heavy (non-hydrogen) atoms. The zero-order valence-electron chi connectivity index (χ0n) is 5.98. The summed E-state index contributed by atoms with van der Waals surface area (Å²) < 4.78 is 24.4. The van der Waals surface area contributed by atoms with Gasteiger partial charge in [-0.05, 0) is 6.92 Å². The third kappa shape index (κ3) is 1.80. The predicted molar refractivity (Wildman–Crippen MR) is 36.8 cm³/mol. The van der Waals surface area contributed by atoms with Crippen LogP contribution in [0.25, 0.3) is 0 Å². The minimum Gasteiger partial charge on any atom is -0.329 e. The Bertz CT molecular complexity index is 175. The first-order chi connectivity index (χ1) is 4.92. The second kappa shape index (κ2) is 2.59. The highest BCUT2D eigenvalue weighted by Crippen LogP contribution is 2.27. The van der Waals surface area contributed by atoms with Crippen LogP contribution in [0.3, 0.4) is 0 Å². The van der Waals surface area contributed by atoms with Gasteiger partial charge in [0, 0.05) is 0 Å². The van der Waals surface area contributed by atoms with Crippen LogP contribution in [0.15, 0.2) is 0 Å². The van der Waals surface area contributed by atoms with Crippen LogP contribution in [0.4, 0.5) is 8.78 Å². The van der Waals surface area contributed by atoms with Crippen LogP contribution in [0.5, 0.6) is 0 Å². The van der Waals surface area contributed by atoms with Crippen LogP contribution in [0, 0.1) is 0 Å². The maximum absolute atomic E-state index is 12.2. The Kier molecular flexibility index (Phi) is 2.05. The summed E-state index contributed by atoms with van der Waals surface area (Å²) in [6.07, 6.45) is 0. The van der Waals surface area contributed by atoms with Crippen molar-refractivity contribution >= 4 is 17.5 Å². The summed E-state index contributed by atoms with van der Waals surface area (Å²) in [5.41, 5.74) is 0. The van der Waals surface area contributed by atoms with E-state index in [-0.39, 0.29) is 0 Å². The highest BCUT2D eigenvalue weighted by Gasteiger charge is 2.46. The van der Waals surface area contributed by atoms with E-state index in [0.717, 1.165) is 4.90 Å². The fraction of sp³-hybridized carbons (Fsp3) is 0.833. The van der Waals surface area contributed by atoms with Crippen LogP contribution in [-0.4, -0.2) is 35.2 Å². The third-order valence-electron chi connectivity index (χ3n) is 1.50. The van der Waals surface area contributed by atoms with Gasteiger partial charge in [-0.3, -0.25) is 4.79 Å². The summed E-state index contributed by atoms with van der Waals surface area (Å²) in [5.74, 6) is -3.11. The molecule has 0 radical (unpaired) electrons. The average Bonchev–Trinajstić information content (AvgIpc) is 1.80. The molecule has 5 heteroatoms. The Balaban J connectivity index is 2.38. The van der Waals surface area contributed by atoms with E-state index in [1.807, 2.05) is 0 Å². The fourth-order valence-corrected chi connectivity index (χ4v) is 1.06. The molecule has 0 aliphatic carbocycles. The maximum Gasteiger partial charge on any atom is 0.282 e. The van der Waals surface area contributed by atoms with Crippen molar-refractivity contribution in [2.24, 2.45) is 0 Å². The SMILES string of the molecule is CC(Cl)C(=O)N1CC(F)(F)C1. The molecule has 0 aromatic rings. The number of carbonyl (C=O) groups is 1. The topological polar surface area (TPSA) is 20.3 Å². The maximum atomic E-state index is 12.2. The summed E-state index contributed by atoms with van der Waals surface area (Å²) >= 11 is 5.39. The summed E-state index contributed by atoms with van der Waals surface area (Å²) in [4.78, 5) is 11.9. The van der Waals surface area contributed by atoms with Gasteiger partial charge in [-0.1, -0.05) is 0 Å². The van der Waals surface area contributed by atoms with E-state index in [2.05, 4.69) is 0 Å². The molecule has 1 aliphatic heterocycles. The molecule has 2 nitrogen and oxygen atoms in total. The lowest BCUT2D eigenvalue weighted by Crippen LogP contribution is -2.59. The standard InChI is InChI=1S/C6H8ClF2NO/c1-4(7)5(11)10-2-6(8,9)3-10/h4H,2-3H2,1H3. The number of rotatable bonds is 1. The molecule has 0 saturated carbocycles.